The smallest absolute Gasteiger partial charge is 0.137 e. The van der Waals surface area contributed by atoms with Crippen molar-refractivity contribution in [1.29, 1.82) is 0 Å². The van der Waals surface area contributed by atoms with Crippen LogP contribution in [-0.4, -0.2) is 0 Å². The standard InChI is InChI=1S/C17H16O/c1-12-8-9-15-11-16(18-17(15)13(12)2)10-14-6-4-3-5-7-14/h3-9,11H,10H2,1-2H3. The number of fused-ring (bicyclic) bond motifs is 1. The molecule has 1 nitrogen and oxygen atoms in total. The summed E-state index contributed by atoms with van der Waals surface area (Å²) >= 11 is 0. The molecule has 0 atom stereocenters. The first kappa shape index (κ1) is 11.1. The van der Waals surface area contributed by atoms with E-state index in [9.17, 15) is 0 Å². The SMILES string of the molecule is Cc1ccc2cc(Cc3ccccc3)oc2c1C. The number of benzene rings is 2. The maximum absolute atomic E-state index is 5.98. The van der Waals surface area contributed by atoms with Crippen LogP contribution in [0.1, 0.15) is 22.5 Å². The van der Waals surface area contributed by atoms with E-state index in [1.165, 1.54) is 22.1 Å². The minimum Gasteiger partial charge on any atom is -0.460 e. The number of hydrogen-bond donors (Lipinski definition) is 0. The summed E-state index contributed by atoms with van der Waals surface area (Å²) in [5.41, 5.74) is 4.83. The largest absolute Gasteiger partial charge is 0.460 e. The molecule has 0 aliphatic heterocycles. The van der Waals surface area contributed by atoms with E-state index in [2.05, 4.69) is 56.3 Å². The summed E-state index contributed by atoms with van der Waals surface area (Å²) in [5.74, 6) is 1.03. The molecule has 0 amide bonds. The van der Waals surface area contributed by atoms with Crippen LogP contribution in [0.15, 0.2) is 52.9 Å². The number of rotatable bonds is 2. The summed E-state index contributed by atoms with van der Waals surface area (Å²) in [5, 5.41) is 1.20. The lowest BCUT2D eigenvalue weighted by atomic mass is 10.1. The topological polar surface area (TPSA) is 13.1 Å². The Morgan fingerprint density at radius 2 is 1.72 bits per heavy atom. The average Bonchev–Trinajstić information content (AvgIpc) is 2.79. The van der Waals surface area contributed by atoms with Crippen LogP contribution in [0.2, 0.25) is 0 Å². The lowest BCUT2D eigenvalue weighted by molar-refractivity contribution is 0.560. The van der Waals surface area contributed by atoms with Gasteiger partial charge in [0, 0.05) is 11.8 Å². The normalized spacial score (nSPS) is 11.0. The van der Waals surface area contributed by atoms with E-state index in [0.717, 1.165) is 17.8 Å². The second-order valence-corrected chi connectivity index (χ2v) is 4.80. The first-order valence-corrected chi connectivity index (χ1v) is 6.26. The van der Waals surface area contributed by atoms with Crippen LogP contribution in [0.5, 0.6) is 0 Å². The Hall–Kier alpha value is -2.02. The van der Waals surface area contributed by atoms with Gasteiger partial charge in [0.2, 0.25) is 0 Å². The molecule has 0 aliphatic carbocycles. The molecule has 1 aromatic heterocycles. The van der Waals surface area contributed by atoms with E-state index in [1.54, 1.807) is 0 Å². The van der Waals surface area contributed by atoms with Crippen LogP contribution in [0, 0.1) is 13.8 Å². The van der Waals surface area contributed by atoms with E-state index >= 15 is 0 Å². The van der Waals surface area contributed by atoms with E-state index < -0.39 is 0 Å². The molecular weight excluding hydrogens is 220 g/mol. The van der Waals surface area contributed by atoms with Gasteiger partial charge in [-0.05, 0) is 36.6 Å². The highest BCUT2D eigenvalue weighted by molar-refractivity contribution is 5.82. The second-order valence-electron chi connectivity index (χ2n) is 4.80. The number of furan rings is 1. The zero-order valence-corrected chi connectivity index (χ0v) is 10.7. The Kier molecular flexibility index (Phi) is 2.67. The van der Waals surface area contributed by atoms with Gasteiger partial charge in [0.15, 0.2) is 0 Å². The third kappa shape index (κ3) is 1.92. The van der Waals surface area contributed by atoms with Gasteiger partial charge in [-0.1, -0.05) is 42.5 Å². The van der Waals surface area contributed by atoms with Gasteiger partial charge in [-0.25, -0.2) is 0 Å². The fourth-order valence-corrected chi connectivity index (χ4v) is 2.28. The minimum absolute atomic E-state index is 0.855. The molecule has 1 heterocycles. The third-order valence-electron chi connectivity index (χ3n) is 3.48. The molecule has 2 aromatic carbocycles. The van der Waals surface area contributed by atoms with Gasteiger partial charge in [-0.15, -0.1) is 0 Å². The molecule has 90 valence electrons. The highest BCUT2D eigenvalue weighted by atomic mass is 16.3. The van der Waals surface area contributed by atoms with Gasteiger partial charge in [0.1, 0.15) is 11.3 Å². The Morgan fingerprint density at radius 3 is 2.50 bits per heavy atom. The van der Waals surface area contributed by atoms with Crippen molar-refractivity contribution in [3.05, 3.63) is 71.0 Å². The monoisotopic (exact) mass is 236 g/mol. The predicted molar refractivity (Wildman–Crippen MR) is 74.9 cm³/mol. The van der Waals surface area contributed by atoms with Gasteiger partial charge in [-0.3, -0.25) is 0 Å². The van der Waals surface area contributed by atoms with Crippen LogP contribution in [0.4, 0.5) is 0 Å². The summed E-state index contributed by atoms with van der Waals surface area (Å²) in [6, 6.07) is 16.9. The second kappa shape index (κ2) is 4.34. The molecule has 18 heavy (non-hydrogen) atoms. The van der Waals surface area contributed by atoms with Gasteiger partial charge < -0.3 is 4.42 Å². The first-order chi connectivity index (χ1) is 8.74. The molecule has 0 N–H and O–H groups in total. The van der Waals surface area contributed by atoms with Crippen LogP contribution >= 0.6 is 0 Å². The highest BCUT2D eigenvalue weighted by Crippen LogP contribution is 2.26. The van der Waals surface area contributed by atoms with Crippen molar-refractivity contribution < 1.29 is 4.42 Å². The Balaban J connectivity index is 2.02. The minimum atomic E-state index is 0.855. The maximum Gasteiger partial charge on any atom is 0.137 e. The van der Waals surface area contributed by atoms with E-state index in [4.69, 9.17) is 4.42 Å². The van der Waals surface area contributed by atoms with E-state index in [-0.39, 0.29) is 0 Å². The average molecular weight is 236 g/mol. The molecule has 3 aromatic rings. The quantitative estimate of drug-likeness (QED) is 0.631. The molecule has 1 heteroatoms. The van der Waals surface area contributed by atoms with Crippen molar-refractivity contribution >= 4 is 11.0 Å². The van der Waals surface area contributed by atoms with Crippen LogP contribution in [-0.2, 0) is 6.42 Å². The zero-order valence-electron chi connectivity index (χ0n) is 10.7. The van der Waals surface area contributed by atoms with Gasteiger partial charge in [-0.2, -0.15) is 0 Å². The molecular formula is C17H16O. The molecule has 0 saturated carbocycles. The molecule has 0 saturated heterocycles. The van der Waals surface area contributed by atoms with Crippen molar-refractivity contribution in [2.45, 2.75) is 20.3 Å². The molecule has 0 aliphatic rings. The zero-order chi connectivity index (χ0) is 12.5. The molecule has 3 rings (SSSR count). The third-order valence-corrected chi connectivity index (χ3v) is 3.48. The molecule has 0 unspecified atom stereocenters. The fourth-order valence-electron chi connectivity index (χ4n) is 2.28. The van der Waals surface area contributed by atoms with Crippen LogP contribution < -0.4 is 0 Å². The number of hydrogen-bond acceptors (Lipinski definition) is 1. The highest BCUT2D eigenvalue weighted by Gasteiger charge is 2.08. The van der Waals surface area contributed by atoms with Gasteiger partial charge in [0.05, 0.1) is 0 Å². The maximum atomic E-state index is 5.98. The molecule has 0 spiro atoms. The Labute approximate surface area is 107 Å². The van der Waals surface area contributed by atoms with Crippen molar-refractivity contribution in [3.63, 3.8) is 0 Å². The summed E-state index contributed by atoms with van der Waals surface area (Å²) < 4.78 is 5.98. The first-order valence-electron chi connectivity index (χ1n) is 6.26. The molecule has 0 radical (unpaired) electrons. The fraction of sp³-hybridized carbons (Fsp3) is 0.176. The van der Waals surface area contributed by atoms with Crippen molar-refractivity contribution in [1.82, 2.24) is 0 Å². The molecule has 0 bridgehead atoms. The lowest BCUT2D eigenvalue weighted by Gasteiger charge is -1.99. The van der Waals surface area contributed by atoms with Crippen LogP contribution in [0.3, 0.4) is 0 Å². The van der Waals surface area contributed by atoms with Gasteiger partial charge >= 0.3 is 0 Å². The predicted octanol–water partition coefficient (Wildman–Crippen LogP) is 4.64. The van der Waals surface area contributed by atoms with Crippen molar-refractivity contribution in [3.8, 4) is 0 Å². The van der Waals surface area contributed by atoms with Crippen molar-refractivity contribution in [2.24, 2.45) is 0 Å². The summed E-state index contributed by atoms with van der Waals surface area (Å²) in [6.07, 6.45) is 0.855. The summed E-state index contributed by atoms with van der Waals surface area (Å²) in [4.78, 5) is 0. The Morgan fingerprint density at radius 1 is 0.944 bits per heavy atom. The van der Waals surface area contributed by atoms with Gasteiger partial charge in [0.25, 0.3) is 0 Å². The van der Waals surface area contributed by atoms with Crippen molar-refractivity contribution in [2.75, 3.05) is 0 Å². The van der Waals surface area contributed by atoms with E-state index in [0.29, 0.717) is 0 Å². The summed E-state index contributed by atoms with van der Waals surface area (Å²) in [7, 11) is 0. The lowest BCUT2D eigenvalue weighted by Crippen LogP contribution is -1.83. The van der Waals surface area contributed by atoms with E-state index in [1.807, 2.05) is 6.07 Å². The van der Waals surface area contributed by atoms with Crippen LogP contribution in [0.25, 0.3) is 11.0 Å². The number of aryl methyl sites for hydroxylation is 2. The molecule has 0 fully saturated rings. The summed E-state index contributed by atoms with van der Waals surface area (Å²) in [6.45, 7) is 4.24. The Bertz CT molecular complexity index is 677.